The molecule has 0 aliphatic carbocycles. The van der Waals surface area contributed by atoms with Crippen LogP contribution in [0.3, 0.4) is 0 Å². The van der Waals surface area contributed by atoms with Crippen molar-refractivity contribution in [2.24, 2.45) is 5.92 Å². The van der Waals surface area contributed by atoms with Crippen LogP contribution in [0.1, 0.15) is 61.6 Å². The van der Waals surface area contributed by atoms with Crippen LogP contribution in [0, 0.1) is 12.8 Å². The predicted molar refractivity (Wildman–Crippen MR) is 137 cm³/mol. The van der Waals surface area contributed by atoms with Crippen molar-refractivity contribution < 1.29 is 19.1 Å². The lowest BCUT2D eigenvalue weighted by atomic mass is 9.91. The van der Waals surface area contributed by atoms with Gasteiger partial charge in [0.25, 0.3) is 0 Å². The van der Waals surface area contributed by atoms with Crippen molar-refractivity contribution in [1.29, 1.82) is 0 Å². The van der Waals surface area contributed by atoms with Crippen molar-refractivity contribution in [3.05, 3.63) is 87.7 Å². The van der Waals surface area contributed by atoms with Gasteiger partial charge in [0.05, 0.1) is 30.1 Å². The summed E-state index contributed by atoms with van der Waals surface area (Å²) < 4.78 is 11.0. The third-order valence-electron chi connectivity index (χ3n) is 6.53. The third kappa shape index (κ3) is 5.27. The molecule has 8 nitrogen and oxygen atoms in total. The van der Waals surface area contributed by atoms with Gasteiger partial charge in [0.1, 0.15) is 17.3 Å². The largest absolute Gasteiger partial charge is 0.502 e. The van der Waals surface area contributed by atoms with E-state index >= 15 is 0 Å². The number of benzene rings is 2. The van der Waals surface area contributed by atoms with Crippen LogP contribution in [0.15, 0.2) is 63.8 Å². The number of hydrogen-bond donors (Lipinski definition) is 3. The number of carbonyl (C=O) groups is 1. The molecule has 0 fully saturated rings. The summed E-state index contributed by atoms with van der Waals surface area (Å²) in [6.07, 6.45) is 0.789. The number of aromatic hydroxyl groups is 1. The summed E-state index contributed by atoms with van der Waals surface area (Å²) in [5.41, 5.74) is 1.89. The molecule has 0 bridgehead atoms. The number of aromatic amines is 1. The van der Waals surface area contributed by atoms with Gasteiger partial charge in [0.15, 0.2) is 5.76 Å². The predicted octanol–water partition coefficient (Wildman–Crippen LogP) is 4.96. The number of para-hydroxylation sites is 2. The van der Waals surface area contributed by atoms with E-state index in [1.165, 1.54) is 6.07 Å². The van der Waals surface area contributed by atoms with Crippen molar-refractivity contribution in [3.8, 4) is 11.5 Å². The third-order valence-corrected chi connectivity index (χ3v) is 6.53. The fourth-order valence-electron chi connectivity index (χ4n) is 4.31. The number of H-pyrrole nitrogens is 1. The van der Waals surface area contributed by atoms with Crippen molar-refractivity contribution in [2.45, 2.75) is 45.6 Å². The fourth-order valence-corrected chi connectivity index (χ4v) is 4.31. The van der Waals surface area contributed by atoms with Crippen LogP contribution in [-0.2, 0) is 4.79 Å². The topological polar surface area (TPSA) is 117 Å². The highest BCUT2D eigenvalue weighted by molar-refractivity contribution is 5.79. The molecule has 2 heterocycles. The highest BCUT2D eigenvalue weighted by Gasteiger charge is 2.29. The van der Waals surface area contributed by atoms with Gasteiger partial charge < -0.3 is 24.6 Å². The molecule has 0 aliphatic heterocycles. The summed E-state index contributed by atoms with van der Waals surface area (Å²) in [4.78, 5) is 33.8. The average molecular weight is 490 g/mol. The van der Waals surface area contributed by atoms with Crippen LogP contribution in [0.25, 0.3) is 11.0 Å². The maximum absolute atomic E-state index is 13.4. The highest BCUT2D eigenvalue weighted by atomic mass is 16.5. The number of amides is 1. The van der Waals surface area contributed by atoms with Crippen LogP contribution in [-0.4, -0.2) is 28.1 Å². The molecular weight excluding hydrogens is 458 g/mol. The number of fused-ring (bicyclic) bond motifs is 1. The van der Waals surface area contributed by atoms with Gasteiger partial charge in [-0.3, -0.25) is 9.59 Å². The molecule has 3 atom stereocenters. The Kier molecular flexibility index (Phi) is 7.43. The summed E-state index contributed by atoms with van der Waals surface area (Å²) in [6.45, 7) is 5.76. The fraction of sp³-hybridized carbons (Fsp3) is 0.321. The van der Waals surface area contributed by atoms with Gasteiger partial charge >= 0.3 is 0 Å². The SMILES string of the molecule is CCC(C)C(NC(=O)CC(c1ccc(OC)cc1)c1oc(C)cc(=O)c1O)c1nc2ccccc2[nH]1. The monoisotopic (exact) mass is 489 g/mol. The summed E-state index contributed by atoms with van der Waals surface area (Å²) >= 11 is 0. The van der Waals surface area contributed by atoms with Crippen LogP contribution in [0.4, 0.5) is 0 Å². The first-order chi connectivity index (χ1) is 17.3. The molecule has 2 aromatic carbocycles. The van der Waals surface area contributed by atoms with Gasteiger partial charge in [-0.05, 0) is 42.7 Å². The van der Waals surface area contributed by atoms with E-state index in [9.17, 15) is 14.7 Å². The lowest BCUT2D eigenvalue weighted by Gasteiger charge is -2.24. The maximum Gasteiger partial charge on any atom is 0.227 e. The summed E-state index contributed by atoms with van der Waals surface area (Å²) in [5, 5.41) is 13.7. The molecule has 4 rings (SSSR count). The Labute approximate surface area is 209 Å². The van der Waals surface area contributed by atoms with Crippen LogP contribution in [0.5, 0.6) is 11.5 Å². The van der Waals surface area contributed by atoms with Gasteiger partial charge in [-0.1, -0.05) is 44.5 Å². The lowest BCUT2D eigenvalue weighted by molar-refractivity contribution is -0.122. The van der Waals surface area contributed by atoms with Crippen LogP contribution >= 0.6 is 0 Å². The Morgan fingerprint density at radius 3 is 2.58 bits per heavy atom. The molecule has 4 aromatic rings. The van der Waals surface area contributed by atoms with Crippen molar-refractivity contribution >= 4 is 16.9 Å². The van der Waals surface area contributed by atoms with Gasteiger partial charge in [-0.2, -0.15) is 0 Å². The molecule has 0 saturated heterocycles. The molecular formula is C28H31N3O5. The molecule has 2 aromatic heterocycles. The second kappa shape index (κ2) is 10.7. The molecule has 0 spiro atoms. The minimum absolute atomic E-state index is 0.0422. The minimum atomic E-state index is -0.684. The van der Waals surface area contributed by atoms with E-state index in [2.05, 4.69) is 24.1 Å². The van der Waals surface area contributed by atoms with Crippen LogP contribution < -0.4 is 15.5 Å². The average Bonchev–Trinajstić information content (AvgIpc) is 3.31. The minimum Gasteiger partial charge on any atom is -0.502 e. The van der Waals surface area contributed by atoms with Crippen molar-refractivity contribution in [3.63, 3.8) is 0 Å². The maximum atomic E-state index is 13.4. The molecule has 1 amide bonds. The number of methoxy groups -OCH3 is 1. The van der Waals surface area contributed by atoms with Crippen molar-refractivity contribution in [1.82, 2.24) is 15.3 Å². The zero-order valence-electron chi connectivity index (χ0n) is 20.9. The number of nitrogens with one attached hydrogen (secondary N) is 2. The quantitative estimate of drug-likeness (QED) is 0.306. The molecule has 36 heavy (non-hydrogen) atoms. The Hall–Kier alpha value is -4.07. The number of hydrogen-bond acceptors (Lipinski definition) is 6. The van der Waals surface area contributed by atoms with Crippen molar-refractivity contribution in [2.75, 3.05) is 7.11 Å². The summed E-state index contributed by atoms with van der Waals surface area (Å²) in [6, 6.07) is 15.7. The number of imidazole rings is 1. The van der Waals surface area contributed by atoms with E-state index in [1.54, 1.807) is 38.3 Å². The van der Waals surface area contributed by atoms with E-state index in [4.69, 9.17) is 14.1 Å². The first-order valence-corrected chi connectivity index (χ1v) is 12.0. The molecule has 3 unspecified atom stereocenters. The Bertz CT molecular complexity index is 1370. The number of ether oxygens (including phenoxy) is 1. The van der Waals surface area contributed by atoms with Gasteiger partial charge in [-0.15, -0.1) is 0 Å². The van der Waals surface area contributed by atoms with Gasteiger partial charge in [0, 0.05) is 12.5 Å². The Morgan fingerprint density at radius 1 is 1.19 bits per heavy atom. The molecule has 0 aliphatic rings. The smallest absolute Gasteiger partial charge is 0.227 e. The Balaban J connectivity index is 1.67. The van der Waals surface area contributed by atoms with E-state index in [0.717, 1.165) is 17.5 Å². The standard InChI is InChI=1S/C28H31N3O5/c1-5-16(2)25(28-29-21-8-6-7-9-22(21)30-28)31-24(33)15-20(18-10-12-19(35-4)13-11-18)27-26(34)23(32)14-17(3)36-27/h6-14,16,20,25,34H,5,15H2,1-4H3,(H,29,30)(H,31,33). The van der Waals surface area contributed by atoms with Gasteiger partial charge in [0.2, 0.25) is 17.1 Å². The van der Waals surface area contributed by atoms with Gasteiger partial charge in [-0.25, -0.2) is 4.98 Å². The first-order valence-electron chi connectivity index (χ1n) is 12.0. The second-order valence-corrected chi connectivity index (χ2v) is 9.03. The zero-order valence-corrected chi connectivity index (χ0v) is 20.9. The van der Waals surface area contributed by atoms with E-state index in [1.807, 2.05) is 24.3 Å². The number of aryl methyl sites for hydroxylation is 1. The number of nitrogens with zero attached hydrogens (tertiary/aromatic N) is 1. The zero-order chi connectivity index (χ0) is 25.8. The normalized spacial score (nSPS) is 13.8. The molecule has 0 radical (unpaired) electrons. The van der Waals surface area contributed by atoms with E-state index in [0.29, 0.717) is 22.9 Å². The molecule has 0 saturated carbocycles. The number of aromatic nitrogens is 2. The van der Waals surface area contributed by atoms with E-state index < -0.39 is 17.1 Å². The second-order valence-electron chi connectivity index (χ2n) is 9.03. The Morgan fingerprint density at radius 2 is 1.92 bits per heavy atom. The molecule has 188 valence electrons. The highest BCUT2D eigenvalue weighted by Crippen LogP contribution is 2.34. The lowest BCUT2D eigenvalue weighted by Crippen LogP contribution is -2.34. The summed E-state index contributed by atoms with van der Waals surface area (Å²) in [7, 11) is 1.57. The van der Waals surface area contributed by atoms with Crippen LogP contribution in [0.2, 0.25) is 0 Å². The van der Waals surface area contributed by atoms with E-state index in [-0.39, 0.29) is 30.0 Å². The summed E-state index contributed by atoms with van der Waals surface area (Å²) in [5.74, 6) is 0.421. The molecule has 8 heteroatoms. The first kappa shape index (κ1) is 25.0. The number of rotatable bonds is 9. The number of carbonyl (C=O) groups excluding carboxylic acids is 1. The molecule has 3 N–H and O–H groups in total.